The van der Waals surface area contributed by atoms with Gasteiger partial charge in [0.25, 0.3) is 0 Å². The Morgan fingerprint density at radius 1 is 0.355 bits per heavy atom. The number of aliphatic carboxylic acids is 2. The molecular weight excluding hydrogens is 797 g/mol. The van der Waals surface area contributed by atoms with Gasteiger partial charge in [-0.1, -0.05) is 60.7 Å². The van der Waals surface area contributed by atoms with Crippen LogP contribution >= 0.6 is 0 Å². The number of carboxylic acids is 2. The monoisotopic (exact) mass is 840 g/mol. The smallest absolute Gasteiger partial charge is 0.303 e. The molecular formula is C44H44N10O8. The lowest BCUT2D eigenvalue weighted by atomic mass is 10.2. The zero-order valence-electron chi connectivity index (χ0n) is 32.9. The molecule has 0 amide bonds. The maximum Gasteiger partial charge on any atom is 0.303 e. The number of pyridine rings is 2. The molecule has 0 spiro atoms. The minimum Gasteiger partial charge on any atom is -0.481 e. The number of hydrogen-bond donors (Lipinski definition) is 6. The van der Waals surface area contributed by atoms with Crippen molar-refractivity contribution in [1.29, 1.82) is 0 Å². The molecule has 4 aromatic carbocycles. The minimum atomic E-state index is -0.870. The number of aromatic nitrogens is 10. The van der Waals surface area contributed by atoms with E-state index in [1.54, 1.807) is 0 Å². The molecule has 0 unspecified atom stereocenters. The van der Waals surface area contributed by atoms with Gasteiger partial charge in [-0.25, -0.2) is 29.9 Å². The molecule has 0 atom stereocenters. The number of hydrogen-bond acceptors (Lipinski definition) is 8. The third-order valence-electron chi connectivity index (χ3n) is 9.06. The summed E-state index contributed by atoms with van der Waals surface area (Å²) in [6.07, 6.45) is 1.02. The van der Waals surface area contributed by atoms with E-state index in [1.165, 1.54) is 0 Å². The first-order valence-corrected chi connectivity index (χ1v) is 18.5. The summed E-state index contributed by atoms with van der Waals surface area (Å²) in [7, 11) is 0. The Bertz CT molecular complexity index is 2520. The Balaban J connectivity index is 0.000000214. The average Bonchev–Trinajstić information content (AvgIpc) is 4.07. The predicted octanol–water partition coefficient (Wildman–Crippen LogP) is 5.75. The number of benzene rings is 4. The first-order chi connectivity index (χ1) is 28.4. The molecule has 318 valence electrons. The van der Waals surface area contributed by atoms with E-state index in [1.807, 2.05) is 133 Å². The van der Waals surface area contributed by atoms with Crippen molar-refractivity contribution in [3.8, 4) is 46.1 Å². The maximum atomic E-state index is 9.90. The molecule has 0 saturated carbocycles. The minimum absolute atomic E-state index is 0. The first kappa shape index (κ1) is 46.5. The number of H-pyrrole nitrogens is 4. The van der Waals surface area contributed by atoms with Crippen LogP contribution in [0.3, 0.4) is 0 Å². The molecule has 0 fully saturated rings. The number of carbonyl (C=O) groups is 2. The molecule has 18 nitrogen and oxygen atoms in total. The van der Waals surface area contributed by atoms with Gasteiger partial charge in [0.15, 0.2) is 23.3 Å². The van der Waals surface area contributed by atoms with Crippen LogP contribution in [0.15, 0.2) is 133 Å². The lowest BCUT2D eigenvalue weighted by Gasteiger charge is -1.99. The molecule has 14 N–H and O–H groups in total. The topological polar surface area (TPSA) is 341 Å². The second-order valence-electron chi connectivity index (χ2n) is 13.2. The van der Waals surface area contributed by atoms with E-state index in [0.717, 1.165) is 90.2 Å². The van der Waals surface area contributed by atoms with Gasteiger partial charge in [0.2, 0.25) is 0 Å². The first-order valence-electron chi connectivity index (χ1n) is 18.5. The highest BCUT2D eigenvalue weighted by Gasteiger charge is 2.12. The quantitative estimate of drug-likeness (QED) is 0.0955. The summed E-state index contributed by atoms with van der Waals surface area (Å²) in [5.41, 5.74) is 10.9. The third kappa shape index (κ3) is 10.9. The van der Waals surface area contributed by atoms with Crippen molar-refractivity contribution in [2.75, 3.05) is 0 Å². The zero-order valence-corrected chi connectivity index (χ0v) is 32.9. The number of aromatic amines is 4. The van der Waals surface area contributed by atoms with Gasteiger partial charge < -0.3 is 52.1 Å². The van der Waals surface area contributed by atoms with Gasteiger partial charge in [0.05, 0.1) is 44.1 Å². The molecule has 6 heterocycles. The van der Waals surface area contributed by atoms with Crippen LogP contribution in [0.1, 0.15) is 25.7 Å². The molecule has 0 bridgehead atoms. The van der Waals surface area contributed by atoms with Gasteiger partial charge in [-0.3, -0.25) is 9.59 Å². The van der Waals surface area contributed by atoms with E-state index in [0.29, 0.717) is 12.8 Å². The highest BCUT2D eigenvalue weighted by atomic mass is 16.4. The van der Waals surface area contributed by atoms with Crippen LogP contribution in [-0.4, -0.2) is 93.9 Å². The second-order valence-corrected chi connectivity index (χ2v) is 13.2. The molecule has 0 aliphatic heterocycles. The third-order valence-corrected chi connectivity index (χ3v) is 9.06. The fraction of sp³-hybridized carbons (Fsp3) is 0.0909. The van der Waals surface area contributed by atoms with Crippen molar-refractivity contribution < 1.29 is 41.7 Å². The second kappa shape index (κ2) is 21.2. The van der Waals surface area contributed by atoms with Gasteiger partial charge >= 0.3 is 11.9 Å². The fourth-order valence-corrected chi connectivity index (χ4v) is 6.25. The van der Waals surface area contributed by atoms with Crippen LogP contribution in [0.4, 0.5) is 0 Å². The van der Waals surface area contributed by atoms with Gasteiger partial charge in [-0.2, -0.15) is 0 Å². The number of rotatable bonds is 9. The van der Waals surface area contributed by atoms with Gasteiger partial charge in [-0.15, -0.1) is 0 Å². The highest BCUT2D eigenvalue weighted by Crippen LogP contribution is 2.25. The van der Waals surface area contributed by atoms with Crippen LogP contribution in [0.5, 0.6) is 0 Å². The van der Waals surface area contributed by atoms with Crippen molar-refractivity contribution in [1.82, 2.24) is 49.8 Å². The summed E-state index contributed by atoms with van der Waals surface area (Å²) >= 11 is 0. The number of carboxylic acid groups (broad SMARTS) is 2. The number of unbranched alkanes of at least 4 members (excludes halogenated alkanes) is 1. The number of nitrogens with zero attached hydrogens (tertiary/aromatic N) is 6. The fourth-order valence-electron chi connectivity index (χ4n) is 6.25. The summed E-state index contributed by atoms with van der Waals surface area (Å²) < 4.78 is 0. The van der Waals surface area contributed by atoms with Crippen LogP contribution in [0.25, 0.3) is 90.2 Å². The number of para-hydroxylation sites is 8. The summed E-state index contributed by atoms with van der Waals surface area (Å²) in [6.45, 7) is 0. The van der Waals surface area contributed by atoms with Gasteiger partial charge in [0.1, 0.15) is 22.8 Å². The SMILES string of the molecule is O.O.O.O.O=C(O)CCCCC(=O)O.c1cc(-c2nc3ccccc3[nH]2)nc(-c2nc3ccccc3[nH]2)c1.c1cc(-c2nc3ccccc3[nH]2)nc(-c2nc3ccccc3[nH]2)c1. The van der Waals surface area contributed by atoms with Crippen molar-refractivity contribution >= 4 is 56.1 Å². The summed E-state index contributed by atoms with van der Waals surface area (Å²) in [4.78, 5) is 60.9. The van der Waals surface area contributed by atoms with Crippen molar-refractivity contribution in [2.45, 2.75) is 25.7 Å². The highest BCUT2D eigenvalue weighted by molar-refractivity contribution is 5.82. The summed E-state index contributed by atoms with van der Waals surface area (Å²) in [5.74, 6) is 1.29. The van der Waals surface area contributed by atoms with Crippen molar-refractivity contribution in [3.63, 3.8) is 0 Å². The molecule has 0 radical (unpaired) electrons. The average molecular weight is 841 g/mol. The molecule has 6 aromatic heterocycles. The van der Waals surface area contributed by atoms with Crippen LogP contribution in [-0.2, 0) is 9.59 Å². The predicted molar refractivity (Wildman–Crippen MR) is 237 cm³/mol. The zero-order chi connectivity index (χ0) is 39.8. The molecule has 0 saturated heterocycles. The maximum absolute atomic E-state index is 9.90. The summed E-state index contributed by atoms with van der Waals surface area (Å²) in [5, 5.41) is 16.3. The standard InChI is InChI=1S/2C19H13N5.C6H10O4.4H2O/c2*1-2-7-13-12(6-1)21-18(22-13)16-10-5-11-17(20-16)19-23-14-8-3-4-9-15(14)24-19;7-5(8)3-1-2-4-6(9)10;;;;/h2*1-11H,(H,21,22)(H,23,24);1-4H2,(H,7,8)(H,9,10);4*1H2. The number of imidazole rings is 4. The van der Waals surface area contributed by atoms with E-state index in [2.05, 4.69) is 39.9 Å². The summed E-state index contributed by atoms with van der Waals surface area (Å²) in [6, 6.07) is 43.6. The van der Waals surface area contributed by atoms with Crippen molar-refractivity contribution in [3.05, 3.63) is 133 Å². The van der Waals surface area contributed by atoms with Crippen molar-refractivity contribution in [2.24, 2.45) is 0 Å². The van der Waals surface area contributed by atoms with E-state index in [9.17, 15) is 9.59 Å². The lowest BCUT2D eigenvalue weighted by molar-refractivity contribution is -0.139. The van der Waals surface area contributed by atoms with E-state index < -0.39 is 11.9 Å². The van der Waals surface area contributed by atoms with E-state index in [4.69, 9.17) is 20.2 Å². The van der Waals surface area contributed by atoms with Crippen LogP contribution < -0.4 is 0 Å². The Morgan fingerprint density at radius 2 is 0.597 bits per heavy atom. The molecule has 0 aliphatic rings. The Hall–Kier alpha value is -8.16. The number of fused-ring (bicyclic) bond motifs is 4. The molecule has 18 heteroatoms. The molecule has 0 aliphatic carbocycles. The number of nitrogens with one attached hydrogen (secondary N) is 4. The van der Waals surface area contributed by atoms with Gasteiger partial charge in [-0.05, 0) is 85.6 Å². The molecule has 10 rings (SSSR count). The lowest BCUT2D eigenvalue weighted by Crippen LogP contribution is -1.97. The van der Waals surface area contributed by atoms with E-state index in [-0.39, 0.29) is 34.7 Å². The van der Waals surface area contributed by atoms with E-state index >= 15 is 0 Å². The molecule has 62 heavy (non-hydrogen) atoms. The van der Waals surface area contributed by atoms with Gasteiger partial charge in [0, 0.05) is 12.8 Å². The Morgan fingerprint density at radius 3 is 0.823 bits per heavy atom. The van der Waals surface area contributed by atoms with Crippen LogP contribution in [0.2, 0.25) is 0 Å². The Kier molecular flexibility index (Phi) is 15.9. The molecule has 10 aromatic rings. The Labute approximate surface area is 352 Å². The van der Waals surface area contributed by atoms with Crippen LogP contribution in [0, 0.1) is 0 Å². The largest absolute Gasteiger partial charge is 0.481 e. The normalized spacial score (nSPS) is 10.3.